The van der Waals surface area contributed by atoms with E-state index in [2.05, 4.69) is 17.6 Å². The van der Waals surface area contributed by atoms with Gasteiger partial charge in [-0.3, -0.25) is 0 Å². The lowest BCUT2D eigenvalue weighted by Gasteiger charge is -1.84. The highest BCUT2D eigenvalue weighted by molar-refractivity contribution is 5.45. The lowest BCUT2D eigenvalue weighted by molar-refractivity contribution is 1.32. The zero-order valence-electron chi connectivity index (χ0n) is 6.73. The Hall–Kier alpha value is -1.49. The smallest absolute Gasteiger partial charge is 0.101 e. The molecule has 1 N–H and O–H groups in total. The van der Waals surface area contributed by atoms with E-state index in [0.29, 0.717) is 5.56 Å². The molecule has 0 amide bonds. The summed E-state index contributed by atoms with van der Waals surface area (Å²) < 4.78 is 0. The van der Waals surface area contributed by atoms with E-state index < -0.39 is 0 Å². The van der Waals surface area contributed by atoms with Crippen LogP contribution in [0.3, 0.4) is 0 Å². The highest BCUT2D eigenvalue weighted by Crippen LogP contribution is 1.87. The van der Waals surface area contributed by atoms with Gasteiger partial charge in [0.2, 0.25) is 0 Å². The van der Waals surface area contributed by atoms with Crippen LogP contribution >= 0.6 is 0 Å². The molecule has 0 spiro atoms. The lowest BCUT2D eigenvalue weighted by atomic mass is 10.2. The molecule has 1 heterocycles. The molecule has 0 aromatic carbocycles. The van der Waals surface area contributed by atoms with E-state index in [4.69, 9.17) is 5.26 Å². The van der Waals surface area contributed by atoms with Crippen LogP contribution in [0.25, 0.3) is 12.2 Å². The quantitative estimate of drug-likeness (QED) is 0.568. The molecule has 0 unspecified atom stereocenters. The van der Waals surface area contributed by atoms with Gasteiger partial charge in [-0.15, -0.1) is 0 Å². The van der Waals surface area contributed by atoms with Gasteiger partial charge in [0.1, 0.15) is 6.07 Å². The second-order valence-electron chi connectivity index (χ2n) is 2.67. The number of hydrogen-bond donors (Lipinski definition) is 1. The minimum Gasteiger partial charge on any atom is -0.360 e. The van der Waals surface area contributed by atoms with Crippen molar-refractivity contribution in [3.63, 3.8) is 0 Å². The molecule has 2 heteroatoms. The summed E-state index contributed by atoms with van der Waals surface area (Å²) in [6.45, 7) is 7.72. The first kappa shape index (κ1) is 7.62. The number of rotatable bonds is 0. The van der Waals surface area contributed by atoms with E-state index in [1.165, 1.54) is 0 Å². The van der Waals surface area contributed by atoms with Crippen molar-refractivity contribution in [2.24, 2.45) is 0 Å². The minimum absolute atomic E-state index is 0.676. The molecule has 56 valence electrons. The average molecular weight is 146 g/mol. The maximum absolute atomic E-state index is 8.67. The Morgan fingerprint density at radius 2 is 2.27 bits per heavy atom. The predicted molar refractivity (Wildman–Crippen MR) is 45.0 cm³/mol. The van der Waals surface area contributed by atoms with Crippen molar-refractivity contribution in [2.75, 3.05) is 0 Å². The molecule has 0 radical (unpaired) electrons. The normalized spacial score (nSPS) is 9.18. The Morgan fingerprint density at radius 1 is 1.64 bits per heavy atom. The third-order valence-electron chi connectivity index (χ3n) is 1.58. The van der Waals surface area contributed by atoms with E-state index in [0.717, 1.165) is 16.1 Å². The van der Waals surface area contributed by atoms with Crippen LogP contribution < -0.4 is 10.6 Å². The van der Waals surface area contributed by atoms with Crippen molar-refractivity contribution in [1.29, 1.82) is 5.26 Å². The van der Waals surface area contributed by atoms with Gasteiger partial charge < -0.3 is 4.98 Å². The van der Waals surface area contributed by atoms with Crippen LogP contribution in [0.2, 0.25) is 0 Å². The second-order valence-corrected chi connectivity index (χ2v) is 2.67. The van der Waals surface area contributed by atoms with Gasteiger partial charge in [-0.1, -0.05) is 12.2 Å². The third kappa shape index (κ3) is 1.18. The fraction of sp³-hybridized carbons (Fsp3) is 0.222. The first-order valence-corrected chi connectivity index (χ1v) is 3.40. The molecule has 0 saturated carbocycles. The van der Waals surface area contributed by atoms with Crippen molar-refractivity contribution >= 4 is 12.2 Å². The molecule has 1 aromatic rings. The van der Waals surface area contributed by atoms with Gasteiger partial charge in [-0.05, 0) is 13.8 Å². The molecule has 0 fully saturated rings. The molecule has 11 heavy (non-hydrogen) atoms. The molecule has 1 aromatic heterocycles. The molecule has 2 nitrogen and oxygen atoms in total. The van der Waals surface area contributed by atoms with Crippen LogP contribution in [-0.4, -0.2) is 4.98 Å². The van der Waals surface area contributed by atoms with Gasteiger partial charge >= 0.3 is 0 Å². The summed E-state index contributed by atoms with van der Waals surface area (Å²) in [4.78, 5) is 2.92. The molecule has 0 bridgehead atoms. The number of nitriles is 1. The van der Waals surface area contributed by atoms with Crippen molar-refractivity contribution in [1.82, 2.24) is 4.98 Å². The van der Waals surface area contributed by atoms with Crippen molar-refractivity contribution in [3.8, 4) is 6.07 Å². The van der Waals surface area contributed by atoms with Crippen molar-refractivity contribution in [3.05, 3.63) is 22.3 Å². The molecule has 0 aliphatic rings. The Balaban J connectivity index is 3.73. The number of aromatic amines is 1. The summed E-state index contributed by atoms with van der Waals surface area (Å²) >= 11 is 0. The van der Waals surface area contributed by atoms with Crippen molar-refractivity contribution < 1.29 is 0 Å². The van der Waals surface area contributed by atoms with E-state index in [-0.39, 0.29) is 0 Å². The second kappa shape index (κ2) is 2.63. The Kier molecular flexibility index (Phi) is 1.82. The maximum Gasteiger partial charge on any atom is 0.101 e. The summed E-state index contributed by atoms with van der Waals surface area (Å²) in [6, 6.07) is 2.11. The predicted octanol–water partition coefficient (Wildman–Crippen LogP) is 0.487. The monoisotopic (exact) mass is 146 g/mol. The molecular formula is C9H10N2. The minimum atomic E-state index is 0.676. The van der Waals surface area contributed by atoms with Gasteiger partial charge in [0.25, 0.3) is 0 Å². The lowest BCUT2D eigenvalue weighted by Crippen LogP contribution is -2.24. The number of nitrogens with zero attached hydrogens (tertiary/aromatic N) is 1. The van der Waals surface area contributed by atoms with Gasteiger partial charge in [0.15, 0.2) is 0 Å². The zero-order chi connectivity index (χ0) is 8.43. The van der Waals surface area contributed by atoms with Gasteiger partial charge in [0, 0.05) is 16.8 Å². The van der Waals surface area contributed by atoms with Gasteiger partial charge in [-0.2, -0.15) is 5.26 Å². The zero-order valence-corrected chi connectivity index (χ0v) is 6.73. The summed E-state index contributed by atoms with van der Waals surface area (Å²) in [6.07, 6.45) is 1.69. The Morgan fingerprint density at radius 3 is 2.64 bits per heavy atom. The first-order valence-electron chi connectivity index (χ1n) is 3.40. The number of H-pyrrole nitrogens is 1. The summed E-state index contributed by atoms with van der Waals surface area (Å²) in [7, 11) is 0. The largest absolute Gasteiger partial charge is 0.360 e. The highest BCUT2D eigenvalue weighted by Gasteiger charge is 1.96. The number of hydrogen-bond acceptors (Lipinski definition) is 1. The molecule has 0 aliphatic heterocycles. The van der Waals surface area contributed by atoms with Crippen molar-refractivity contribution in [2.45, 2.75) is 13.8 Å². The van der Waals surface area contributed by atoms with E-state index >= 15 is 0 Å². The van der Waals surface area contributed by atoms with E-state index in [9.17, 15) is 0 Å². The third-order valence-corrected chi connectivity index (χ3v) is 1.58. The van der Waals surface area contributed by atoms with Crippen LogP contribution in [0.15, 0.2) is 6.20 Å². The Labute approximate surface area is 65.5 Å². The van der Waals surface area contributed by atoms with Crippen LogP contribution in [0.1, 0.15) is 19.4 Å². The van der Waals surface area contributed by atoms with Crippen LogP contribution in [0.5, 0.6) is 0 Å². The molecule has 1 rings (SSSR count). The summed E-state index contributed by atoms with van der Waals surface area (Å²) in [5.74, 6) is 0. The summed E-state index contributed by atoms with van der Waals surface area (Å²) in [5, 5.41) is 10.4. The number of nitrogens with one attached hydrogen (secondary N) is 1. The van der Waals surface area contributed by atoms with Gasteiger partial charge in [0.05, 0.1) is 5.56 Å². The first-order chi connectivity index (χ1) is 5.16. The average Bonchev–Trinajstić information content (AvgIpc) is 2.30. The Bertz CT molecular complexity index is 400. The molecule has 0 saturated heterocycles. The van der Waals surface area contributed by atoms with E-state index in [1.54, 1.807) is 6.20 Å². The SMILES string of the molecule is C=c1[nH]cc(C#N)c1=C(C)C. The van der Waals surface area contributed by atoms with Crippen LogP contribution in [0.4, 0.5) is 0 Å². The summed E-state index contributed by atoms with van der Waals surface area (Å²) in [5.41, 5.74) is 1.79. The number of aromatic nitrogens is 1. The molecule has 0 atom stereocenters. The van der Waals surface area contributed by atoms with Crippen LogP contribution in [0, 0.1) is 11.3 Å². The highest BCUT2D eigenvalue weighted by atomic mass is 14.7. The standard InChI is InChI=1S/C9H10N2/c1-6(2)9-7(3)11-5-8(9)4-10/h5,11H,3H2,1-2H3. The topological polar surface area (TPSA) is 39.6 Å². The van der Waals surface area contributed by atoms with Crippen LogP contribution in [-0.2, 0) is 0 Å². The van der Waals surface area contributed by atoms with E-state index in [1.807, 2.05) is 13.8 Å². The fourth-order valence-electron chi connectivity index (χ4n) is 1.13. The molecule has 0 aliphatic carbocycles. The maximum atomic E-state index is 8.67. The fourth-order valence-corrected chi connectivity index (χ4v) is 1.13. The van der Waals surface area contributed by atoms with Gasteiger partial charge in [-0.25, -0.2) is 0 Å². The molecular weight excluding hydrogens is 136 g/mol.